The first-order valence-electron chi connectivity index (χ1n) is 9.36. The van der Waals surface area contributed by atoms with E-state index in [0.29, 0.717) is 28.7 Å². The molecule has 0 radical (unpaired) electrons. The lowest BCUT2D eigenvalue weighted by Gasteiger charge is -2.13. The van der Waals surface area contributed by atoms with Crippen molar-refractivity contribution >= 4 is 52.1 Å². The fraction of sp³-hybridized carbons (Fsp3) is 0.130. The molecule has 0 aliphatic carbocycles. The molecule has 160 valence electrons. The second-order valence-electron chi connectivity index (χ2n) is 6.59. The van der Waals surface area contributed by atoms with Gasteiger partial charge in [0, 0.05) is 9.26 Å². The van der Waals surface area contributed by atoms with E-state index < -0.39 is 6.03 Å². The van der Waals surface area contributed by atoms with Gasteiger partial charge in [0.05, 0.1) is 18.3 Å². The maximum Gasteiger partial charge on any atom is 0.339 e. The normalized spacial score (nSPS) is 10.7. The van der Waals surface area contributed by atoms with Crippen molar-refractivity contribution in [2.45, 2.75) is 13.5 Å². The Morgan fingerprint density at radius 2 is 1.90 bits per heavy atom. The number of hydrogen-bond donors (Lipinski definition) is 2. The first-order chi connectivity index (χ1) is 15.0. The van der Waals surface area contributed by atoms with E-state index >= 15 is 0 Å². The van der Waals surface area contributed by atoms with Gasteiger partial charge in [-0.3, -0.25) is 0 Å². The average Bonchev–Trinajstić information content (AvgIpc) is 2.75. The van der Waals surface area contributed by atoms with Crippen LogP contribution < -0.4 is 20.2 Å². The molecule has 0 bridgehead atoms. The summed E-state index contributed by atoms with van der Waals surface area (Å²) in [5.41, 5.74) is 5.78. The zero-order valence-electron chi connectivity index (χ0n) is 17.0. The number of anilines is 1. The van der Waals surface area contributed by atoms with Gasteiger partial charge in [-0.15, -0.1) is 0 Å². The van der Waals surface area contributed by atoms with Crippen molar-refractivity contribution in [2.24, 2.45) is 5.10 Å². The highest BCUT2D eigenvalue weighted by Crippen LogP contribution is 2.36. The van der Waals surface area contributed by atoms with Gasteiger partial charge in [-0.1, -0.05) is 41.9 Å². The van der Waals surface area contributed by atoms with Gasteiger partial charge in [0.15, 0.2) is 11.5 Å². The minimum Gasteiger partial charge on any atom is -0.493 e. The molecule has 6 nitrogen and oxygen atoms in total. The third kappa shape index (κ3) is 6.60. The minimum atomic E-state index is -0.443. The van der Waals surface area contributed by atoms with E-state index in [1.165, 1.54) is 13.3 Å². The Morgan fingerprint density at radius 1 is 1.16 bits per heavy atom. The molecule has 0 spiro atoms. The SMILES string of the molecule is COc1cc(C=NNC(=O)Nc2ccccc2C)cc(Cl)c1OCc1ccc(I)cc1. The molecule has 3 rings (SSSR count). The molecule has 31 heavy (non-hydrogen) atoms. The summed E-state index contributed by atoms with van der Waals surface area (Å²) >= 11 is 8.66. The van der Waals surface area contributed by atoms with Crippen LogP contribution in [0.25, 0.3) is 0 Å². The van der Waals surface area contributed by atoms with Crippen LogP contribution in [0.3, 0.4) is 0 Å². The molecule has 2 amide bonds. The Morgan fingerprint density at radius 3 is 2.61 bits per heavy atom. The zero-order valence-corrected chi connectivity index (χ0v) is 19.9. The van der Waals surface area contributed by atoms with Crippen molar-refractivity contribution in [3.63, 3.8) is 0 Å². The van der Waals surface area contributed by atoms with E-state index in [1.807, 2.05) is 55.5 Å². The number of para-hydroxylation sites is 1. The number of urea groups is 1. The topological polar surface area (TPSA) is 72.0 Å². The van der Waals surface area contributed by atoms with Crippen molar-refractivity contribution < 1.29 is 14.3 Å². The molecule has 3 aromatic carbocycles. The van der Waals surface area contributed by atoms with Crippen LogP contribution in [0, 0.1) is 10.5 Å². The predicted octanol–water partition coefficient (Wildman–Crippen LogP) is 6.00. The molecule has 0 aromatic heterocycles. The van der Waals surface area contributed by atoms with Crippen LogP contribution in [0.1, 0.15) is 16.7 Å². The second kappa shape index (κ2) is 11.0. The Labute approximate surface area is 199 Å². The highest BCUT2D eigenvalue weighted by atomic mass is 127. The summed E-state index contributed by atoms with van der Waals surface area (Å²) in [7, 11) is 1.54. The molecule has 2 N–H and O–H groups in total. The van der Waals surface area contributed by atoms with E-state index in [1.54, 1.807) is 12.1 Å². The van der Waals surface area contributed by atoms with E-state index in [2.05, 4.69) is 38.4 Å². The smallest absolute Gasteiger partial charge is 0.339 e. The van der Waals surface area contributed by atoms with Crippen LogP contribution in [0.5, 0.6) is 11.5 Å². The number of methoxy groups -OCH3 is 1. The Balaban J connectivity index is 1.64. The molecule has 0 aliphatic rings. The summed E-state index contributed by atoms with van der Waals surface area (Å²) in [6, 6.07) is 18.5. The second-order valence-corrected chi connectivity index (χ2v) is 8.24. The van der Waals surface area contributed by atoms with Crippen LogP contribution in [0.15, 0.2) is 65.8 Å². The number of ether oxygens (including phenoxy) is 2. The van der Waals surface area contributed by atoms with Crippen LogP contribution in [-0.2, 0) is 6.61 Å². The van der Waals surface area contributed by atoms with Gasteiger partial charge in [-0.05, 0) is 76.5 Å². The summed E-state index contributed by atoms with van der Waals surface area (Å²) in [6.07, 6.45) is 1.48. The molecule has 8 heteroatoms. The molecule has 0 unspecified atom stereocenters. The van der Waals surface area contributed by atoms with E-state index in [9.17, 15) is 4.79 Å². The number of carbonyl (C=O) groups excluding carboxylic acids is 1. The number of hydrogen-bond acceptors (Lipinski definition) is 4. The van der Waals surface area contributed by atoms with E-state index in [-0.39, 0.29) is 0 Å². The maximum atomic E-state index is 12.0. The van der Waals surface area contributed by atoms with Gasteiger partial charge in [0.1, 0.15) is 6.61 Å². The number of benzene rings is 3. The molecule has 0 saturated heterocycles. The fourth-order valence-electron chi connectivity index (χ4n) is 2.72. The molecular weight excluding hydrogens is 529 g/mol. The van der Waals surface area contributed by atoms with Crippen LogP contribution >= 0.6 is 34.2 Å². The van der Waals surface area contributed by atoms with Crippen molar-refractivity contribution in [3.05, 3.63) is 85.9 Å². The van der Waals surface area contributed by atoms with E-state index in [4.69, 9.17) is 21.1 Å². The monoisotopic (exact) mass is 549 g/mol. The average molecular weight is 550 g/mol. The Bertz CT molecular complexity index is 1090. The molecule has 0 atom stereocenters. The number of hydrazone groups is 1. The molecule has 0 fully saturated rings. The van der Waals surface area contributed by atoms with Gasteiger partial charge < -0.3 is 14.8 Å². The van der Waals surface area contributed by atoms with Gasteiger partial charge >= 0.3 is 6.03 Å². The number of rotatable bonds is 7. The number of nitrogens with one attached hydrogen (secondary N) is 2. The predicted molar refractivity (Wildman–Crippen MR) is 132 cm³/mol. The first kappa shape index (κ1) is 22.9. The lowest BCUT2D eigenvalue weighted by atomic mass is 10.2. The quantitative estimate of drug-likeness (QED) is 0.216. The Hall–Kier alpha value is -2.78. The number of carbonyl (C=O) groups is 1. The van der Waals surface area contributed by atoms with Gasteiger partial charge in [-0.2, -0.15) is 5.10 Å². The van der Waals surface area contributed by atoms with Gasteiger partial charge in [-0.25, -0.2) is 10.2 Å². The highest BCUT2D eigenvalue weighted by molar-refractivity contribution is 14.1. The van der Waals surface area contributed by atoms with Gasteiger partial charge in [0.25, 0.3) is 0 Å². The number of nitrogens with zero attached hydrogens (tertiary/aromatic N) is 1. The van der Waals surface area contributed by atoms with E-state index in [0.717, 1.165) is 20.4 Å². The maximum absolute atomic E-state index is 12.0. The summed E-state index contributed by atoms with van der Waals surface area (Å²) in [5.74, 6) is 0.925. The molecule has 0 heterocycles. The van der Waals surface area contributed by atoms with Crippen molar-refractivity contribution in [3.8, 4) is 11.5 Å². The molecular formula is C23H21ClIN3O3. The fourth-order valence-corrected chi connectivity index (χ4v) is 3.35. The van der Waals surface area contributed by atoms with Crippen molar-refractivity contribution in [1.82, 2.24) is 5.43 Å². The number of aryl methyl sites for hydroxylation is 1. The third-order valence-corrected chi connectivity index (χ3v) is 5.32. The molecule has 3 aromatic rings. The highest BCUT2D eigenvalue weighted by Gasteiger charge is 2.12. The van der Waals surface area contributed by atoms with Crippen molar-refractivity contribution in [2.75, 3.05) is 12.4 Å². The minimum absolute atomic E-state index is 0.362. The van der Waals surface area contributed by atoms with Crippen LogP contribution in [0.4, 0.5) is 10.5 Å². The van der Waals surface area contributed by atoms with Crippen LogP contribution in [-0.4, -0.2) is 19.4 Å². The van der Waals surface area contributed by atoms with Gasteiger partial charge in [0.2, 0.25) is 0 Å². The first-order valence-corrected chi connectivity index (χ1v) is 10.8. The standard InChI is InChI=1S/C23H21ClIN3O3/c1-15-5-3-4-6-20(15)27-23(29)28-26-13-17-11-19(24)22(21(12-17)30-2)31-14-16-7-9-18(25)10-8-16/h3-13H,14H2,1-2H3,(H2,27,28,29). The number of amides is 2. The third-order valence-electron chi connectivity index (χ3n) is 4.32. The summed E-state index contributed by atoms with van der Waals surface area (Å²) in [5, 5.41) is 7.10. The van der Waals surface area contributed by atoms with Crippen LogP contribution in [0.2, 0.25) is 5.02 Å². The summed E-state index contributed by atoms with van der Waals surface area (Å²) in [6.45, 7) is 2.27. The summed E-state index contributed by atoms with van der Waals surface area (Å²) in [4.78, 5) is 12.0. The lowest BCUT2D eigenvalue weighted by Crippen LogP contribution is -2.24. The molecule has 0 saturated carbocycles. The lowest BCUT2D eigenvalue weighted by molar-refractivity contribution is 0.252. The zero-order chi connectivity index (χ0) is 22.2. The largest absolute Gasteiger partial charge is 0.493 e. The molecule has 0 aliphatic heterocycles. The number of halogens is 2. The van der Waals surface area contributed by atoms with Crippen molar-refractivity contribution in [1.29, 1.82) is 0 Å². The summed E-state index contributed by atoms with van der Waals surface area (Å²) < 4.78 is 12.5. The Kier molecular flexibility index (Phi) is 8.13.